The maximum atomic E-state index is 10.8. The molecule has 0 aliphatic carbocycles. The van der Waals surface area contributed by atoms with Crippen LogP contribution in [0.4, 0.5) is 0 Å². The Kier molecular flexibility index (Phi) is 3.28. The van der Waals surface area contributed by atoms with Gasteiger partial charge in [0.05, 0.1) is 0 Å². The Balaban J connectivity index is 2.66. The summed E-state index contributed by atoms with van der Waals surface area (Å²) in [6, 6.07) is 2.62. The highest BCUT2D eigenvalue weighted by Crippen LogP contribution is 2.14. The molecule has 0 amide bonds. The summed E-state index contributed by atoms with van der Waals surface area (Å²) in [5, 5.41) is 17.3. The van der Waals surface area contributed by atoms with E-state index in [1.54, 1.807) is 24.5 Å². The maximum absolute atomic E-state index is 10.8. The zero-order valence-corrected chi connectivity index (χ0v) is 7.46. The summed E-state index contributed by atoms with van der Waals surface area (Å²) in [4.78, 5) is 21.1. The van der Waals surface area contributed by atoms with E-state index in [-0.39, 0.29) is 12.8 Å². The average molecular weight is 197 g/mol. The smallest absolute Gasteiger partial charge is 0.326 e. The quantitative estimate of drug-likeness (QED) is 0.737. The molecule has 0 saturated heterocycles. The molecular weight excluding hydrogens is 186 g/mol. The predicted octanol–water partition coefficient (Wildman–Crippen LogP) is 0.979. The van der Waals surface area contributed by atoms with Crippen molar-refractivity contribution in [2.75, 3.05) is 0 Å². The molecule has 0 bridgehead atoms. The first-order valence-corrected chi connectivity index (χ1v) is 4.18. The summed E-state index contributed by atoms with van der Waals surface area (Å²) < 4.78 is 1.49. The van der Waals surface area contributed by atoms with Gasteiger partial charge in [-0.3, -0.25) is 4.79 Å². The Morgan fingerprint density at radius 3 is 2.21 bits per heavy atom. The molecule has 1 rings (SSSR count). The lowest BCUT2D eigenvalue weighted by Crippen LogP contribution is -2.18. The molecule has 14 heavy (non-hydrogen) atoms. The van der Waals surface area contributed by atoms with Crippen molar-refractivity contribution in [2.45, 2.75) is 18.9 Å². The Morgan fingerprint density at radius 1 is 1.21 bits per heavy atom. The van der Waals surface area contributed by atoms with E-state index >= 15 is 0 Å². The first kappa shape index (κ1) is 10.3. The molecule has 0 fully saturated rings. The molecule has 0 spiro atoms. The summed E-state index contributed by atoms with van der Waals surface area (Å²) in [5.74, 6) is -1.99. The summed E-state index contributed by atoms with van der Waals surface area (Å²) >= 11 is 0. The van der Waals surface area contributed by atoms with Gasteiger partial charge in [0.2, 0.25) is 0 Å². The molecule has 76 valence electrons. The number of aromatic nitrogens is 1. The van der Waals surface area contributed by atoms with Gasteiger partial charge in [-0.1, -0.05) is 0 Å². The van der Waals surface area contributed by atoms with E-state index in [2.05, 4.69) is 0 Å². The van der Waals surface area contributed by atoms with Crippen LogP contribution in [-0.2, 0) is 9.59 Å². The van der Waals surface area contributed by atoms with Gasteiger partial charge in [0.25, 0.3) is 0 Å². The Morgan fingerprint density at radius 2 is 1.79 bits per heavy atom. The molecule has 0 aliphatic rings. The molecule has 1 atom stereocenters. The van der Waals surface area contributed by atoms with Crippen LogP contribution in [0.3, 0.4) is 0 Å². The second-order valence-corrected chi connectivity index (χ2v) is 2.92. The van der Waals surface area contributed by atoms with Crippen LogP contribution in [0.15, 0.2) is 24.5 Å². The van der Waals surface area contributed by atoms with E-state index in [4.69, 9.17) is 10.2 Å². The van der Waals surface area contributed by atoms with Gasteiger partial charge in [0.15, 0.2) is 0 Å². The maximum Gasteiger partial charge on any atom is 0.326 e. The fourth-order valence-corrected chi connectivity index (χ4v) is 1.22. The highest BCUT2D eigenvalue weighted by atomic mass is 16.4. The number of carboxylic acids is 2. The molecule has 0 saturated carbocycles. The lowest BCUT2D eigenvalue weighted by atomic mass is 10.1. The van der Waals surface area contributed by atoms with Gasteiger partial charge in [0.1, 0.15) is 6.04 Å². The second-order valence-electron chi connectivity index (χ2n) is 2.92. The van der Waals surface area contributed by atoms with Crippen LogP contribution in [0.2, 0.25) is 0 Å². The minimum atomic E-state index is -1.01. The van der Waals surface area contributed by atoms with Gasteiger partial charge >= 0.3 is 11.9 Å². The third-order valence-electron chi connectivity index (χ3n) is 1.90. The van der Waals surface area contributed by atoms with E-state index in [1.165, 1.54) is 4.57 Å². The van der Waals surface area contributed by atoms with E-state index < -0.39 is 18.0 Å². The largest absolute Gasteiger partial charge is 0.481 e. The minimum absolute atomic E-state index is 0.0966. The summed E-state index contributed by atoms with van der Waals surface area (Å²) in [6.07, 6.45) is 3.18. The highest BCUT2D eigenvalue weighted by molar-refractivity contribution is 5.73. The fraction of sp³-hybridized carbons (Fsp3) is 0.333. The van der Waals surface area contributed by atoms with Gasteiger partial charge in [-0.05, 0) is 18.6 Å². The van der Waals surface area contributed by atoms with Crippen LogP contribution in [0.25, 0.3) is 0 Å². The van der Waals surface area contributed by atoms with E-state index in [9.17, 15) is 9.59 Å². The second kappa shape index (κ2) is 4.45. The van der Waals surface area contributed by atoms with Crippen molar-refractivity contribution in [3.05, 3.63) is 24.5 Å². The molecule has 1 aromatic rings. The number of nitrogens with zero attached hydrogens (tertiary/aromatic N) is 1. The van der Waals surface area contributed by atoms with Crippen molar-refractivity contribution in [3.8, 4) is 0 Å². The molecule has 5 heteroatoms. The van der Waals surface area contributed by atoms with E-state index in [1.807, 2.05) is 0 Å². The van der Waals surface area contributed by atoms with Gasteiger partial charge in [-0.25, -0.2) is 4.79 Å². The molecule has 1 unspecified atom stereocenters. The van der Waals surface area contributed by atoms with Gasteiger partial charge in [0, 0.05) is 18.8 Å². The van der Waals surface area contributed by atoms with Gasteiger partial charge in [-0.2, -0.15) is 0 Å². The molecule has 2 N–H and O–H groups in total. The zero-order valence-electron chi connectivity index (χ0n) is 7.46. The first-order valence-electron chi connectivity index (χ1n) is 4.18. The van der Waals surface area contributed by atoms with Crippen molar-refractivity contribution in [1.82, 2.24) is 4.57 Å². The first-order chi connectivity index (χ1) is 6.61. The number of carbonyl (C=O) groups is 2. The standard InChI is InChI=1S/C9H11NO4/c11-8(12)4-3-7(9(13)14)10-5-1-2-6-10/h1-2,5-7H,3-4H2,(H,11,12)(H,13,14). The SMILES string of the molecule is O=C(O)CCC(C(=O)O)n1cccc1. The topological polar surface area (TPSA) is 79.5 Å². The lowest BCUT2D eigenvalue weighted by Gasteiger charge is -2.12. The average Bonchev–Trinajstić information content (AvgIpc) is 2.56. The monoisotopic (exact) mass is 197 g/mol. The number of carboxylic acid groups (broad SMARTS) is 2. The van der Waals surface area contributed by atoms with Gasteiger partial charge < -0.3 is 14.8 Å². The van der Waals surface area contributed by atoms with Crippen LogP contribution >= 0.6 is 0 Å². The number of aliphatic carboxylic acids is 2. The molecule has 1 heterocycles. The van der Waals surface area contributed by atoms with Crippen LogP contribution in [0.5, 0.6) is 0 Å². The van der Waals surface area contributed by atoms with Crippen LogP contribution in [-0.4, -0.2) is 26.7 Å². The van der Waals surface area contributed by atoms with Crippen molar-refractivity contribution in [2.24, 2.45) is 0 Å². The summed E-state index contributed by atoms with van der Waals surface area (Å²) in [7, 11) is 0. The van der Waals surface area contributed by atoms with E-state index in [0.29, 0.717) is 0 Å². The van der Waals surface area contributed by atoms with Crippen LogP contribution in [0.1, 0.15) is 18.9 Å². The number of hydrogen-bond donors (Lipinski definition) is 2. The minimum Gasteiger partial charge on any atom is -0.481 e. The Labute approximate surface area is 80.6 Å². The predicted molar refractivity (Wildman–Crippen MR) is 48.0 cm³/mol. The Hall–Kier alpha value is -1.78. The van der Waals surface area contributed by atoms with Crippen molar-refractivity contribution in [3.63, 3.8) is 0 Å². The lowest BCUT2D eigenvalue weighted by molar-refractivity contribution is -0.142. The fourth-order valence-electron chi connectivity index (χ4n) is 1.22. The van der Waals surface area contributed by atoms with E-state index in [0.717, 1.165) is 0 Å². The molecular formula is C9H11NO4. The highest BCUT2D eigenvalue weighted by Gasteiger charge is 2.19. The molecule has 5 nitrogen and oxygen atoms in total. The molecule has 0 radical (unpaired) electrons. The van der Waals surface area contributed by atoms with Gasteiger partial charge in [-0.15, -0.1) is 0 Å². The third-order valence-corrected chi connectivity index (χ3v) is 1.90. The van der Waals surface area contributed by atoms with Crippen molar-refractivity contribution in [1.29, 1.82) is 0 Å². The van der Waals surface area contributed by atoms with Crippen molar-refractivity contribution >= 4 is 11.9 Å². The van der Waals surface area contributed by atoms with Crippen molar-refractivity contribution < 1.29 is 19.8 Å². The van der Waals surface area contributed by atoms with Crippen LogP contribution in [0, 0.1) is 0 Å². The molecule has 1 aromatic heterocycles. The van der Waals surface area contributed by atoms with Crippen LogP contribution < -0.4 is 0 Å². The normalized spacial score (nSPS) is 12.3. The summed E-state index contributed by atoms with van der Waals surface area (Å²) in [5.41, 5.74) is 0. The third kappa shape index (κ3) is 2.62. The zero-order chi connectivity index (χ0) is 10.6. The molecule has 0 aliphatic heterocycles. The number of rotatable bonds is 5. The summed E-state index contributed by atoms with van der Waals surface area (Å²) in [6.45, 7) is 0. The Bertz CT molecular complexity index is 318. The molecule has 0 aromatic carbocycles. The number of hydrogen-bond acceptors (Lipinski definition) is 2.